The lowest BCUT2D eigenvalue weighted by molar-refractivity contribution is -0.181. The van der Waals surface area contributed by atoms with Gasteiger partial charge in [-0.05, 0) is 67.8 Å². The third-order valence-electron chi connectivity index (χ3n) is 9.06. The van der Waals surface area contributed by atoms with Gasteiger partial charge in [0.05, 0.1) is 17.4 Å². The number of rotatable bonds is 1. The van der Waals surface area contributed by atoms with Crippen LogP contribution in [0, 0.1) is 39.9 Å². The molecule has 5 fully saturated rings. The highest BCUT2D eigenvalue weighted by atomic mass is 16.6. The van der Waals surface area contributed by atoms with Gasteiger partial charge in [-0.25, -0.2) is 0 Å². The van der Waals surface area contributed by atoms with E-state index in [1.807, 2.05) is 0 Å². The van der Waals surface area contributed by atoms with Crippen molar-refractivity contribution in [3.8, 4) is 0 Å². The number of fused-ring (bicyclic) bond motifs is 4. The maximum atomic E-state index is 13.0. The summed E-state index contributed by atoms with van der Waals surface area (Å²) in [6, 6.07) is 0. The average molecular weight is 346 g/mol. The first-order chi connectivity index (χ1) is 11.7. The molecule has 0 aromatic heterocycles. The van der Waals surface area contributed by atoms with Crippen molar-refractivity contribution < 1.29 is 24.5 Å². The van der Waals surface area contributed by atoms with Crippen LogP contribution in [-0.2, 0) is 14.3 Å². The molecule has 5 nitrogen and oxygen atoms in total. The largest absolute Gasteiger partial charge is 0.481 e. The molecule has 2 N–H and O–H groups in total. The van der Waals surface area contributed by atoms with Crippen LogP contribution in [0.3, 0.4) is 0 Å². The van der Waals surface area contributed by atoms with Crippen LogP contribution in [-0.4, -0.2) is 34.4 Å². The summed E-state index contributed by atoms with van der Waals surface area (Å²) in [4.78, 5) is 25.3. The second-order valence-corrected chi connectivity index (χ2v) is 9.64. The Labute approximate surface area is 147 Å². The zero-order valence-corrected chi connectivity index (χ0v) is 14.8. The van der Waals surface area contributed by atoms with Gasteiger partial charge in [-0.15, -0.1) is 0 Å². The molecule has 1 spiro atoms. The number of aliphatic carboxylic acids is 1. The Morgan fingerprint density at radius 1 is 1.28 bits per heavy atom. The van der Waals surface area contributed by atoms with Crippen LogP contribution >= 0.6 is 0 Å². The summed E-state index contributed by atoms with van der Waals surface area (Å²) >= 11 is 0. The molecule has 5 heteroatoms. The zero-order valence-electron chi connectivity index (χ0n) is 14.8. The molecule has 136 valence electrons. The molecule has 0 radical (unpaired) electrons. The number of hydrogen-bond donors (Lipinski definition) is 2. The van der Waals surface area contributed by atoms with E-state index in [-0.39, 0.29) is 34.7 Å². The summed E-state index contributed by atoms with van der Waals surface area (Å²) in [5.74, 6) is -1.39. The van der Waals surface area contributed by atoms with Crippen molar-refractivity contribution >= 4 is 11.9 Å². The van der Waals surface area contributed by atoms with Gasteiger partial charge in [0.2, 0.25) is 0 Å². The first kappa shape index (κ1) is 15.9. The minimum Gasteiger partial charge on any atom is -0.481 e. The van der Waals surface area contributed by atoms with Crippen LogP contribution in [0.4, 0.5) is 0 Å². The summed E-state index contributed by atoms with van der Waals surface area (Å²) in [6.07, 6.45) is 3.05. The van der Waals surface area contributed by atoms with Crippen molar-refractivity contribution in [2.75, 3.05) is 0 Å². The van der Waals surface area contributed by atoms with Crippen LogP contribution in [0.15, 0.2) is 12.2 Å². The Morgan fingerprint density at radius 3 is 2.68 bits per heavy atom. The van der Waals surface area contributed by atoms with Gasteiger partial charge in [0.15, 0.2) is 0 Å². The maximum Gasteiger partial charge on any atom is 0.312 e. The number of aliphatic hydroxyl groups is 1. The van der Waals surface area contributed by atoms with Crippen molar-refractivity contribution in [2.24, 2.45) is 39.9 Å². The number of aliphatic hydroxyl groups excluding tert-OH is 1. The summed E-state index contributed by atoms with van der Waals surface area (Å²) in [5.41, 5.74) is -0.809. The van der Waals surface area contributed by atoms with Gasteiger partial charge in [-0.2, -0.15) is 0 Å². The minimum atomic E-state index is -1.31. The van der Waals surface area contributed by atoms with Crippen LogP contribution in [0.1, 0.15) is 46.0 Å². The van der Waals surface area contributed by atoms with E-state index in [0.29, 0.717) is 12.3 Å². The molecule has 5 aliphatic rings. The fourth-order valence-electron chi connectivity index (χ4n) is 8.15. The highest BCUT2D eigenvalue weighted by molar-refractivity contribution is 5.83. The standard InChI is InChI=1S/C20H26O5/c1-9-10-4-5-11-18(2)7-6-12(21)19(3,17(23)24)14(18)13-16(22)25-15(9)20(11,13)8-10/h10-15,21H,1,4-8H2,2-3H3,(H,23,24)/t10-,11+,12+,13-,14+,15+,18+,19-,20-/m1/s1. The maximum absolute atomic E-state index is 13.0. The van der Waals surface area contributed by atoms with Crippen molar-refractivity contribution in [2.45, 2.75) is 58.2 Å². The number of carboxylic acids is 1. The number of carbonyl (C=O) groups excluding carboxylic acids is 1. The second-order valence-electron chi connectivity index (χ2n) is 9.64. The molecule has 1 aliphatic heterocycles. The van der Waals surface area contributed by atoms with Gasteiger partial charge < -0.3 is 14.9 Å². The Balaban J connectivity index is 1.76. The number of carbonyl (C=O) groups is 2. The van der Waals surface area contributed by atoms with E-state index in [4.69, 9.17) is 4.74 Å². The van der Waals surface area contributed by atoms with E-state index in [9.17, 15) is 19.8 Å². The van der Waals surface area contributed by atoms with E-state index in [1.165, 1.54) is 0 Å². The Bertz CT molecular complexity index is 715. The van der Waals surface area contributed by atoms with E-state index in [0.717, 1.165) is 31.3 Å². The molecule has 0 amide bonds. The Hall–Kier alpha value is -1.36. The fourth-order valence-corrected chi connectivity index (χ4v) is 8.15. The quantitative estimate of drug-likeness (QED) is 0.562. The van der Waals surface area contributed by atoms with E-state index < -0.39 is 23.4 Å². The van der Waals surface area contributed by atoms with Crippen LogP contribution in [0.2, 0.25) is 0 Å². The van der Waals surface area contributed by atoms with Gasteiger partial charge >= 0.3 is 11.9 Å². The molecular weight excluding hydrogens is 320 g/mol. The molecular formula is C20H26O5. The fraction of sp³-hybridized carbons (Fsp3) is 0.800. The lowest BCUT2D eigenvalue weighted by atomic mass is 9.52. The molecule has 0 aromatic carbocycles. The molecule has 4 saturated carbocycles. The third kappa shape index (κ3) is 1.41. The SMILES string of the molecule is C=C1[C@@H]2CC[C@H]3[C@]4(C)CC[C@H](O)[C@@](C)(C(=O)O)[C@H]4[C@@H]4C(=O)O[C@@H]1[C@@]43C2. The first-order valence-electron chi connectivity index (χ1n) is 9.49. The second kappa shape index (κ2) is 4.30. The third-order valence-corrected chi connectivity index (χ3v) is 9.06. The van der Waals surface area contributed by atoms with Crippen molar-refractivity contribution in [1.82, 2.24) is 0 Å². The molecule has 9 atom stereocenters. The monoisotopic (exact) mass is 346 g/mol. The first-order valence-corrected chi connectivity index (χ1v) is 9.49. The van der Waals surface area contributed by atoms with Crippen molar-refractivity contribution in [3.05, 3.63) is 12.2 Å². The van der Waals surface area contributed by atoms with E-state index >= 15 is 0 Å². The van der Waals surface area contributed by atoms with Gasteiger partial charge in [-0.3, -0.25) is 9.59 Å². The molecule has 1 saturated heterocycles. The van der Waals surface area contributed by atoms with Gasteiger partial charge in [0.25, 0.3) is 0 Å². The normalized spacial score (nSPS) is 58.7. The predicted molar refractivity (Wildman–Crippen MR) is 88.4 cm³/mol. The molecule has 1 heterocycles. The lowest BCUT2D eigenvalue weighted by Gasteiger charge is -2.52. The highest BCUT2D eigenvalue weighted by Crippen LogP contribution is 2.79. The van der Waals surface area contributed by atoms with Crippen LogP contribution in [0.5, 0.6) is 0 Å². The summed E-state index contributed by atoms with van der Waals surface area (Å²) in [6.45, 7) is 8.07. The molecule has 5 rings (SSSR count). The summed E-state index contributed by atoms with van der Waals surface area (Å²) < 4.78 is 5.83. The highest BCUT2D eigenvalue weighted by Gasteiger charge is 2.82. The van der Waals surface area contributed by atoms with E-state index in [1.54, 1.807) is 6.92 Å². The Kier molecular flexibility index (Phi) is 2.73. The molecule has 0 aromatic rings. The van der Waals surface area contributed by atoms with Gasteiger partial charge in [0, 0.05) is 5.41 Å². The average Bonchev–Trinajstić information content (AvgIpc) is 3.04. The number of ether oxygens (including phenoxy) is 1. The van der Waals surface area contributed by atoms with E-state index in [2.05, 4.69) is 13.5 Å². The number of esters is 1. The summed E-state index contributed by atoms with van der Waals surface area (Å²) in [7, 11) is 0. The summed E-state index contributed by atoms with van der Waals surface area (Å²) in [5, 5.41) is 20.7. The van der Waals surface area contributed by atoms with Crippen LogP contribution in [0.25, 0.3) is 0 Å². The number of carboxylic acid groups (broad SMARTS) is 1. The molecule has 25 heavy (non-hydrogen) atoms. The smallest absolute Gasteiger partial charge is 0.312 e. The topological polar surface area (TPSA) is 83.8 Å². The van der Waals surface area contributed by atoms with Gasteiger partial charge in [-0.1, -0.05) is 13.5 Å². The zero-order chi connectivity index (χ0) is 17.9. The van der Waals surface area contributed by atoms with Crippen molar-refractivity contribution in [3.63, 3.8) is 0 Å². The van der Waals surface area contributed by atoms with Crippen molar-refractivity contribution in [1.29, 1.82) is 0 Å². The van der Waals surface area contributed by atoms with Crippen LogP contribution < -0.4 is 0 Å². The molecule has 4 aliphatic carbocycles. The Morgan fingerprint density at radius 2 is 2.00 bits per heavy atom. The predicted octanol–water partition coefficient (Wildman–Crippen LogP) is 2.38. The van der Waals surface area contributed by atoms with Gasteiger partial charge in [0.1, 0.15) is 6.10 Å². The lowest BCUT2D eigenvalue weighted by Crippen LogP contribution is -2.57. The minimum absolute atomic E-state index is 0.246. The number of hydrogen-bond acceptors (Lipinski definition) is 4. The molecule has 0 unspecified atom stereocenters. The molecule has 2 bridgehead atoms.